The fourth-order valence-corrected chi connectivity index (χ4v) is 10.4. The second-order valence-electron chi connectivity index (χ2n) is 12.2. The second-order valence-corrected chi connectivity index (χ2v) is 16.9. The van der Waals surface area contributed by atoms with Crippen LogP contribution in [0, 0.1) is 5.92 Å². The summed E-state index contributed by atoms with van der Waals surface area (Å²) in [6.07, 6.45) is 2.26. The lowest BCUT2D eigenvalue weighted by Gasteiger charge is -2.39. The number of aromatic nitrogens is 4. The van der Waals surface area contributed by atoms with Crippen molar-refractivity contribution in [1.82, 2.24) is 19.5 Å². The third kappa shape index (κ3) is 5.73. The Hall–Kier alpha value is -4.09. The van der Waals surface area contributed by atoms with Gasteiger partial charge in [0.05, 0.1) is 40.3 Å². The van der Waals surface area contributed by atoms with Gasteiger partial charge in [-0.1, -0.05) is 109 Å². The summed E-state index contributed by atoms with van der Waals surface area (Å²) in [4.78, 5) is 13.5. The largest absolute Gasteiger partial charge is 0.471 e. The molecule has 4 atom stereocenters. The number of nitrogens with two attached hydrogens (primary N) is 1. The lowest BCUT2D eigenvalue weighted by Crippen LogP contribution is -2.52. The van der Waals surface area contributed by atoms with E-state index in [0.717, 1.165) is 11.1 Å². The molecule has 0 bridgehead atoms. The van der Waals surface area contributed by atoms with Gasteiger partial charge in [-0.3, -0.25) is 0 Å². The molecule has 6 rings (SSSR count). The molecule has 0 aliphatic heterocycles. The minimum Gasteiger partial charge on any atom is -0.471 e. The van der Waals surface area contributed by atoms with Crippen molar-refractivity contribution < 1.29 is 19.7 Å². The van der Waals surface area contributed by atoms with Crippen LogP contribution in [0.1, 0.15) is 23.6 Å². The number of benzene rings is 3. The van der Waals surface area contributed by atoms with Gasteiger partial charge < -0.3 is 30.0 Å². The van der Waals surface area contributed by atoms with E-state index in [-0.39, 0.29) is 23.3 Å². The van der Waals surface area contributed by atoms with Crippen LogP contribution in [-0.2, 0) is 18.0 Å². The van der Waals surface area contributed by atoms with Gasteiger partial charge in [0, 0.05) is 5.92 Å². The summed E-state index contributed by atoms with van der Waals surface area (Å²) in [7, 11) is -2.20. The summed E-state index contributed by atoms with van der Waals surface area (Å²) in [6.45, 7) is 5.24. The summed E-state index contributed by atoms with van der Waals surface area (Å²) in [6, 6.07) is 29.8. The van der Waals surface area contributed by atoms with Crippen LogP contribution in [0.2, 0.25) is 18.6 Å². The Morgan fingerprint density at radius 1 is 0.909 bits per heavy atom. The van der Waals surface area contributed by atoms with Gasteiger partial charge in [-0.05, 0) is 23.1 Å². The van der Waals surface area contributed by atoms with Gasteiger partial charge in [0.1, 0.15) is 12.2 Å². The smallest absolute Gasteiger partial charge is 0.247 e. The topological polar surface area (TPSA) is 129 Å². The second kappa shape index (κ2) is 12.5. The van der Waals surface area contributed by atoms with E-state index in [1.165, 1.54) is 5.19 Å². The van der Waals surface area contributed by atoms with Gasteiger partial charge in [-0.25, -0.2) is 4.98 Å². The molecule has 5 aromatic rings. The molecular weight excluding hydrogens is 570 g/mol. The summed E-state index contributed by atoms with van der Waals surface area (Å²) < 4.78 is 14.2. The van der Waals surface area contributed by atoms with Crippen LogP contribution in [0.4, 0.5) is 5.95 Å². The predicted molar refractivity (Wildman–Crippen MR) is 173 cm³/mol. The van der Waals surface area contributed by atoms with Crippen LogP contribution in [0.3, 0.4) is 0 Å². The normalized spacial score (nSPS) is 22.0. The van der Waals surface area contributed by atoms with Crippen molar-refractivity contribution in [2.24, 2.45) is 5.92 Å². The average molecular weight is 610 g/mol. The molecule has 2 aromatic heterocycles. The summed E-state index contributed by atoms with van der Waals surface area (Å²) in [5, 5.41) is 24.7. The van der Waals surface area contributed by atoms with Crippen molar-refractivity contribution in [3.05, 3.63) is 108 Å². The van der Waals surface area contributed by atoms with E-state index in [4.69, 9.17) is 15.2 Å². The molecule has 0 radical (unpaired) electrons. The van der Waals surface area contributed by atoms with Crippen molar-refractivity contribution in [2.45, 2.75) is 49.9 Å². The minimum atomic E-state index is -2.20. The number of anilines is 1. The quantitative estimate of drug-likeness (QED) is 0.187. The Morgan fingerprint density at radius 2 is 1.52 bits per heavy atom. The molecule has 3 aromatic carbocycles. The number of imidazole rings is 1. The molecule has 2 heterocycles. The minimum absolute atomic E-state index is 0.0473. The van der Waals surface area contributed by atoms with E-state index in [9.17, 15) is 10.2 Å². The molecular formula is C34H39N5O4Si. The maximum absolute atomic E-state index is 12.5. The average Bonchev–Trinajstić information content (AvgIpc) is 3.60. The van der Waals surface area contributed by atoms with Crippen molar-refractivity contribution >= 4 is 30.4 Å². The van der Waals surface area contributed by atoms with Crippen LogP contribution in [-0.4, -0.2) is 56.6 Å². The van der Waals surface area contributed by atoms with Gasteiger partial charge in [-0.15, -0.1) is 0 Å². The number of hydrogen-bond donors (Lipinski definition) is 3. The molecule has 0 spiro atoms. The van der Waals surface area contributed by atoms with E-state index in [1.54, 1.807) is 6.33 Å². The number of nitrogen functional groups attached to an aromatic ring is 1. The van der Waals surface area contributed by atoms with Gasteiger partial charge in [0.15, 0.2) is 11.2 Å². The number of fused-ring (bicyclic) bond motifs is 1. The lowest BCUT2D eigenvalue weighted by molar-refractivity contribution is -0.0935. The number of nitrogens with zero attached hydrogens (tertiary/aromatic N) is 4. The van der Waals surface area contributed by atoms with E-state index in [1.807, 2.05) is 71.3 Å². The zero-order valence-corrected chi connectivity index (χ0v) is 26.1. The van der Waals surface area contributed by atoms with Crippen LogP contribution in [0.15, 0.2) is 97.3 Å². The summed E-state index contributed by atoms with van der Waals surface area (Å²) >= 11 is 0. The fourth-order valence-electron chi connectivity index (χ4n) is 6.76. The first-order valence-corrected chi connectivity index (χ1v) is 18.1. The number of aliphatic hydroxyl groups is 2. The molecule has 0 amide bonds. The number of aliphatic hydroxyl groups excluding tert-OH is 1. The predicted octanol–water partition coefficient (Wildman–Crippen LogP) is 4.47. The Labute approximate surface area is 258 Å². The van der Waals surface area contributed by atoms with E-state index in [0.29, 0.717) is 37.4 Å². The third-order valence-corrected chi connectivity index (χ3v) is 13.6. The molecule has 44 heavy (non-hydrogen) atoms. The summed E-state index contributed by atoms with van der Waals surface area (Å²) in [5.41, 5.74) is 7.70. The third-order valence-electron chi connectivity index (χ3n) is 9.25. The fraction of sp³-hybridized carbons (Fsp3) is 0.324. The monoisotopic (exact) mass is 609 g/mol. The van der Waals surface area contributed by atoms with Crippen LogP contribution < -0.4 is 15.7 Å². The molecule has 9 nitrogen and oxygen atoms in total. The van der Waals surface area contributed by atoms with Crippen LogP contribution in [0.25, 0.3) is 11.2 Å². The Bertz CT molecular complexity index is 1690. The first kappa shape index (κ1) is 30.0. The van der Waals surface area contributed by atoms with E-state index < -0.39 is 26.3 Å². The van der Waals surface area contributed by atoms with Crippen LogP contribution >= 0.6 is 0 Å². The number of hydrogen-bond acceptors (Lipinski definition) is 8. The molecule has 1 aliphatic rings. The zero-order valence-electron chi connectivity index (χ0n) is 25.1. The van der Waals surface area contributed by atoms with E-state index >= 15 is 0 Å². The SMILES string of the molecule is C[Si](C)(c1ccccc1)[C@H]1C[C@H](n2cnc3c(OCc4ccccc4)nc(N)nc32)[C@](O)(CO)[C@@H]1COCc1ccccc1. The highest BCUT2D eigenvalue weighted by atomic mass is 28.3. The molecule has 228 valence electrons. The standard InChI is InChI=1S/C34H39N5O4Si/c1-44(2,26-16-10-5-11-17-26)28-18-29(34(41,22-40)27(28)21-42-19-24-12-6-3-7-13-24)39-23-36-30-31(39)37-33(35)38-32(30)43-20-25-14-8-4-9-15-25/h3-17,23,27-29,40-41H,18-22H2,1-2H3,(H2,35,37,38)/t27-,28+,29+,34+/m1/s1. The maximum atomic E-state index is 12.5. The molecule has 1 aliphatic carbocycles. The molecule has 1 fully saturated rings. The Morgan fingerprint density at radius 3 is 2.16 bits per heavy atom. The van der Waals surface area contributed by atoms with Gasteiger partial charge in [0.25, 0.3) is 0 Å². The van der Waals surface area contributed by atoms with Gasteiger partial charge in [-0.2, -0.15) is 9.97 Å². The van der Waals surface area contributed by atoms with Crippen molar-refractivity contribution in [1.29, 1.82) is 0 Å². The van der Waals surface area contributed by atoms with E-state index in [2.05, 4.69) is 52.3 Å². The number of rotatable bonds is 11. The van der Waals surface area contributed by atoms with Crippen LogP contribution in [0.5, 0.6) is 5.88 Å². The van der Waals surface area contributed by atoms with Crippen molar-refractivity contribution in [3.8, 4) is 5.88 Å². The van der Waals surface area contributed by atoms with Crippen molar-refractivity contribution in [2.75, 3.05) is 18.9 Å². The summed E-state index contributed by atoms with van der Waals surface area (Å²) in [5.74, 6) is -0.0152. The number of ether oxygens (including phenoxy) is 2. The Kier molecular flexibility index (Phi) is 8.50. The Balaban J connectivity index is 1.36. The first-order chi connectivity index (χ1) is 21.3. The highest BCUT2D eigenvalue weighted by Crippen LogP contribution is 2.55. The highest BCUT2D eigenvalue weighted by molar-refractivity contribution is 6.91. The molecule has 4 N–H and O–H groups in total. The molecule has 10 heteroatoms. The molecule has 1 saturated carbocycles. The van der Waals surface area contributed by atoms with Gasteiger partial charge in [0.2, 0.25) is 11.8 Å². The highest BCUT2D eigenvalue weighted by Gasteiger charge is 2.59. The molecule has 0 saturated heterocycles. The zero-order chi connectivity index (χ0) is 30.7. The molecule has 0 unspecified atom stereocenters. The maximum Gasteiger partial charge on any atom is 0.247 e. The first-order valence-electron chi connectivity index (χ1n) is 15.0. The van der Waals surface area contributed by atoms with Gasteiger partial charge >= 0.3 is 0 Å². The lowest BCUT2D eigenvalue weighted by atomic mass is 9.89. The van der Waals surface area contributed by atoms with Crippen molar-refractivity contribution in [3.63, 3.8) is 0 Å².